The van der Waals surface area contributed by atoms with Gasteiger partial charge in [0.2, 0.25) is 5.43 Å². The minimum absolute atomic E-state index is 0.0953. The van der Waals surface area contributed by atoms with Gasteiger partial charge >= 0.3 is 5.97 Å². The second-order valence-electron chi connectivity index (χ2n) is 6.60. The molecule has 0 N–H and O–H groups in total. The first kappa shape index (κ1) is 20.5. The largest absolute Gasteiger partial charge is 0.497 e. The standard InChI is InChI=1S/C23H24O6/c1-26-16-10-8-15(9-11-16)22-19(6-4-5-7-21(24)28-3)29-20-14-17(27-2)12-13-18(20)23(22)25/h8-14H,4-7H2,1-3H3. The second kappa shape index (κ2) is 9.28. The van der Waals surface area contributed by atoms with E-state index in [1.165, 1.54) is 7.11 Å². The lowest BCUT2D eigenvalue weighted by Crippen LogP contribution is -2.10. The zero-order chi connectivity index (χ0) is 20.8. The maximum atomic E-state index is 13.3. The fraction of sp³-hybridized carbons (Fsp3) is 0.304. The Kier molecular flexibility index (Phi) is 6.54. The van der Waals surface area contributed by atoms with E-state index >= 15 is 0 Å². The van der Waals surface area contributed by atoms with Crippen LogP contribution in [0.3, 0.4) is 0 Å². The first-order chi connectivity index (χ1) is 14.1. The molecule has 6 heteroatoms. The molecular weight excluding hydrogens is 372 g/mol. The van der Waals surface area contributed by atoms with E-state index in [4.69, 9.17) is 13.9 Å². The van der Waals surface area contributed by atoms with E-state index in [9.17, 15) is 9.59 Å². The fourth-order valence-corrected chi connectivity index (χ4v) is 3.23. The monoisotopic (exact) mass is 396 g/mol. The average Bonchev–Trinajstić information content (AvgIpc) is 2.76. The summed E-state index contributed by atoms with van der Waals surface area (Å²) in [5, 5.41) is 0.495. The normalized spacial score (nSPS) is 10.7. The number of carbonyl (C=O) groups is 1. The summed E-state index contributed by atoms with van der Waals surface area (Å²) in [6.07, 6.45) is 2.20. The summed E-state index contributed by atoms with van der Waals surface area (Å²) in [7, 11) is 4.54. The maximum Gasteiger partial charge on any atom is 0.305 e. The third-order valence-corrected chi connectivity index (χ3v) is 4.81. The molecule has 2 aromatic carbocycles. The second-order valence-corrected chi connectivity index (χ2v) is 6.60. The number of carbonyl (C=O) groups excluding carboxylic acids is 1. The van der Waals surface area contributed by atoms with Crippen molar-refractivity contribution in [3.8, 4) is 22.6 Å². The summed E-state index contributed by atoms with van der Waals surface area (Å²) in [4.78, 5) is 24.6. The molecule has 0 amide bonds. The molecule has 0 fully saturated rings. The maximum absolute atomic E-state index is 13.3. The van der Waals surface area contributed by atoms with Crippen LogP contribution in [0.5, 0.6) is 11.5 Å². The number of hydrogen-bond acceptors (Lipinski definition) is 6. The molecule has 1 aromatic heterocycles. The quantitative estimate of drug-likeness (QED) is 0.416. The van der Waals surface area contributed by atoms with Gasteiger partial charge in [-0.15, -0.1) is 0 Å². The van der Waals surface area contributed by atoms with E-state index in [-0.39, 0.29) is 11.4 Å². The van der Waals surface area contributed by atoms with Crippen LogP contribution in [0.4, 0.5) is 0 Å². The van der Waals surface area contributed by atoms with Crippen molar-refractivity contribution >= 4 is 16.9 Å². The zero-order valence-electron chi connectivity index (χ0n) is 16.8. The van der Waals surface area contributed by atoms with E-state index in [0.717, 1.165) is 5.56 Å². The average molecular weight is 396 g/mol. The molecule has 29 heavy (non-hydrogen) atoms. The van der Waals surface area contributed by atoms with Crippen LogP contribution in [0.15, 0.2) is 51.7 Å². The lowest BCUT2D eigenvalue weighted by Gasteiger charge is -2.11. The molecule has 0 aliphatic heterocycles. The highest BCUT2D eigenvalue weighted by atomic mass is 16.5. The van der Waals surface area contributed by atoms with Crippen molar-refractivity contribution in [1.82, 2.24) is 0 Å². The summed E-state index contributed by atoms with van der Waals surface area (Å²) in [5.41, 5.74) is 1.68. The van der Waals surface area contributed by atoms with Crippen LogP contribution in [-0.2, 0) is 16.0 Å². The lowest BCUT2D eigenvalue weighted by atomic mass is 9.99. The summed E-state index contributed by atoms with van der Waals surface area (Å²) in [6.45, 7) is 0. The third kappa shape index (κ3) is 4.59. The number of benzene rings is 2. The summed E-state index contributed by atoms with van der Waals surface area (Å²) < 4.78 is 21.3. The number of methoxy groups -OCH3 is 3. The number of esters is 1. The predicted molar refractivity (Wildman–Crippen MR) is 111 cm³/mol. The van der Waals surface area contributed by atoms with E-state index in [2.05, 4.69) is 4.74 Å². The van der Waals surface area contributed by atoms with E-state index in [1.54, 1.807) is 32.4 Å². The molecule has 0 radical (unpaired) electrons. The van der Waals surface area contributed by atoms with Gasteiger partial charge in [0.15, 0.2) is 0 Å². The van der Waals surface area contributed by atoms with Gasteiger partial charge in [-0.3, -0.25) is 9.59 Å². The number of fused-ring (bicyclic) bond motifs is 1. The van der Waals surface area contributed by atoms with Gasteiger partial charge < -0.3 is 18.6 Å². The number of unbranched alkanes of at least 4 members (excludes halogenated alkanes) is 1. The van der Waals surface area contributed by atoms with Crippen LogP contribution in [0.1, 0.15) is 25.0 Å². The van der Waals surface area contributed by atoms with Crippen molar-refractivity contribution in [3.05, 3.63) is 58.4 Å². The molecule has 0 unspecified atom stereocenters. The van der Waals surface area contributed by atoms with Gasteiger partial charge in [0.05, 0.1) is 32.3 Å². The Labute approximate surface area is 169 Å². The number of aryl methyl sites for hydroxylation is 1. The van der Waals surface area contributed by atoms with Gasteiger partial charge in [-0.05, 0) is 42.7 Å². The molecule has 0 bridgehead atoms. The van der Waals surface area contributed by atoms with Gasteiger partial charge in [0.25, 0.3) is 0 Å². The van der Waals surface area contributed by atoms with Gasteiger partial charge in [-0.2, -0.15) is 0 Å². The smallest absolute Gasteiger partial charge is 0.305 e. The molecule has 0 atom stereocenters. The number of ether oxygens (including phenoxy) is 3. The summed E-state index contributed by atoms with van der Waals surface area (Å²) in [6, 6.07) is 12.5. The van der Waals surface area contributed by atoms with E-state index < -0.39 is 0 Å². The molecule has 0 aliphatic carbocycles. The molecule has 0 saturated carbocycles. The van der Waals surface area contributed by atoms with Crippen LogP contribution in [0, 0.1) is 0 Å². The Morgan fingerprint density at radius 2 is 1.62 bits per heavy atom. The number of hydrogen-bond donors (Lipinski definition) is 0. The van der Waals surface area contributed by atoms with Gasteiger partial charge in [-0.25, -0.2) is 0 Å². The SMILES string of the molecule is COC(=O)CCCCc1oc2cc(OC)ccc2c(=O)c1-c1ccc(OC)cc1. The van der Waals surface area contributed by atoms with E-state index in [1.807, 2.05) is 24.3 Å². The minimum atomic E-state index is -0.245. The topological polar surface area (TPSA) is 75.0 Å². The lowest BCUT2D eigenvalue weighted by molar-refractivity contribution is -0.140. The van der Waals surface area contributed by atoms with Crippen molar-refractivity contribution in [1.29, 1.82) is 0 Å². The summed E-state index contributed by atoms with van der Waals surface area (Å²) in [5.74, 6) is 1.67. The molecule has 0 spiro atoms. The highest BCUT2D eigenvalue weighted by molar-refractivity contribution is 5.84. The Balaban J connectivity index is 2.03. The van der Waals surface area contributed by atoms with Crippen LogP contribution in [0.25, 0.3) is 22.1 Å². The summed E-state index contributed by atoms with van der Waals surface area (Å²) >= 11 is 0. The predicted octanol–water partition coefficient (Wildman–Crippen LogP) is 4.36. The van der Waals surface area contributed by atoms with Crippen molar-refractivity contribution in [2.24, 2.45) is 0 Å². The minimum Gasteiger partial charge on any atom is -0.497 e. The molecule has 0 saturated heterocycles. The van der Waals surface area contributed by atoms with Gasteiger partial charge in [-0.1, -0.05) is 12.1 Å². The van der Waals surface area contributed by atoms with Gasteiger partial charge in [0, 0.05) is 18.9 Å². The van der Waals surface area contributed by atoms with Crippen molar-refractivity contribution < 1.29 is 23.4 Å². The van der Waals surface area contributed by atoms with Crippen LogP contribution < -0.4 is 14.9 Å². The molecule has 152 valence electrons. The molecule has 3 aromatic rings. The van der Waals surface area contributed by atoms with Crippen molar-refractivity contribution in [2.45, 2.75) is 25.7 Å². The molecule has 0 aliphatic rings. The Bertz CT molecular complexity index is 1050. The van der Waals surface area contributed by atoms with Crippen LogP contribution in [0.2, 0.25) is 0 Å². The van der Waals surface area contributed by atoms with Gasteiger partial charge in [0.1, 0.15) is 22.8 Å². The van der Waals surface area contributed by atoms with Crippen molar-refractivity contribution in [3.63, 3.8) is 0 Å². The number of rotatable bonds is 8. The zero-order valence-corrected chi connectivity index (χ0v) is 16.8. The Hall–Kier alpha value is -3.28. The molecule has 6 nitrogen and oxygen atoms in total. The molecular formula is C23H24O6. The van der Waals surface area contributed by atoms with E-state index in [0.29, 0.717) is 59.5 Å². The van der Waals surface area contributed by atoms with Crippen molar-refractivity contribution in [2.75, 3.05) is 21.3 Å². The Morgan fingerprint density at radius 1 is 0.931 bits per heavy atom. The highest BCUT2D eigenvalue weighted by Crippen LogP contribution is 2.29. The Morgan fingerprint density at radius 3 is 2.28 bits per heavy atom. The van der Waals surface area contributed by atoms with Crippen LogP contribution >= 0.6 is 0 Å². The first-order valence-corrected chi connectivity index (χ1v) is 9.42. The highest BCUT2D eigenvalue weighted by Gasteiger charge is 2.17. The third-order valence-electron chi connectivity index (χ3n) is 4.81. The first-order valence-electron chi connectivity index (χ1n) is 9.42. The fourth-order valence-electron chi connectivity index (χ4n) is 3.23. The molecule has 1 heterocycles. The van der Waals surface area contributed by atoms with Crippen LogP contribution in [-0.4, -0.2) is 27.3 Å². The molecule has 3 rings (SSSR count).